The first kappa shape index (κ1) is 15.7. The first-order chi connectivity index (χ1) is 10.5. The Morgan fingerprint density at radius 2 is 2.00 bits per heavy atom. The average molecular weight is 302 g/mol. The van der Waals surface area contributed by atoms with Gasteiger partial charge in [-0.25, -0.2) is 4.68 Å². The van der Waals surface area contributed by atoms with Crippen LogP contribution >= 0.6 is 0 Å². The zero-order chi connectivity index (χ0) is 16.1. The standard InChI is InChI=1S/C15H18N4O3/c1-10(15(21)22)9-16-14(20)8-13-11(2)19(18-17-13)12-6-4-3-5-7-12/h3-7,10H,8-9H2,1-2H3,(H,16,20)(H,21,22). The van der Waals surface area contributed by atoms with Gasteiger partial charge in [0.1, 0.15) is 0 Å². The van der Waals surface area contributed by atoms with Crippen molar-refractivity contribution in [3.63, 3.8) is 0 Å². The van der Waals surface area contributed by atoms with E-state index in [0.717, 1.165) is 11.4 Å². The number of para-hydroxylation sites is 1. The highest BCUT2D eigenvalue weighted by atomic mass is 16.4. The zero-order valence-corrected chi connectivity index (χ0v) is 12.5. The molecule has 1 unspecified atom stereocenters. The van der Waals surface area contributed by atoms with Crippen LogP contribution < -0.4 is 5.32 Å². The summed E-state index contributed by atoms with van der Waals surface area (Å²) in [6.07, 6.45) is 0.0744. The second-order valence-electron chi connectivity index (χ2n) is 5.09. The van der Waals surface area contributed by atoms with E-state index >= 15 is 0 Å². The topological polar surface area (TPSA) is 97.1 Å². The minimum atomic E-state index is -0.938. The number of nitrogens with one attached hydrogen (secondary N) is 1. The molecule has 1 aromatic carbocycles. The van der Waals surface area contributed by atoms with Gasteiger partial charge >= 0.3 is 5.97 Å². The van der Waals surface area contributed by atoms with Gasteiger partial charge in [-0.2, -0.15) is 0 Å². The summed E-state index contributed by atoms with van der Waals surface area (Å²) in [7, 11) is 0. The predicted molar refractivity (Wildman–Crippen MR) is 79.6 cm³/mol. The number of carbonyl (C=O) groups is 2. The van der Waals surface area contributed by atoms with E-state index in [1.165, 1.54) is 0 Å². The molecule has 0 saturated carbocycles. The maximum atomic E-state index is 11.9. The highest BCUT2D eigenvalue weighted by Crippen LogP contribution is 2.12. The van der Waals surface area contributed by atoms with Crippen LogP contribution in [0.15, 0.2) is 30.3 Å². The van der Waals surface area contributed by atoms with Gasteiger partial charge in [0.25, 0.3) is 0 Å². The van der Waals surface area contributed by atoms with Gasteiger partial charge in [0, 0.05) is 6.54 Å². The number of hydrogen-bond acceptors (Lipinski definition) is 4. The van der Waals surface area contributed by atoms with Gasteiger partial charge in [-0.15, -0.1) is 5.10 Å². The summed E-state index contributed by atoms with van der Waals surface area (Å²) in [6, 6.07) is 9.51. The molecule has 1 heterocycles. The number of hydrogen-bond donors (Lipinski definition) is 2. The Balaban J connectivity index is 2.01. The van der Waals surface area contributed by atoms with Crippen LogP contribution in [0, 0.1) is 12.8 Å². The van der Waals surface area contributed by atoms with Crippen LogP contribution in [0.1, 0.15) is 18.3 Å². The van der Waals surface area contributed by atoms with Gasteiger partial charge in [-0.05, 0) is 19.1 Å². The molecular weight excluding hydrogens is 284 g/mol. The molecule has 0 radical (unpaired) electrons. The molecule has 2 rings (SSSR count). The smallest absolute Gasteiger partial charge is 0.308 e. The van der Waals surface area contributed by atoms with Crippen LogP contribution in [0.2, 0.25) is 0 Å². The molecule has 0 aliphatic carbocycles. The highest BCUT2D eigenvalue weighted by Gasteiger charge is 2.16. The fourth-order valence-corrected chi connectivity index (χ4v) is 1.91. The molecule has 7 heteroatoms. The van der Waals surface area contributed by atoms with Gasteiger partial charge in [-0.1, -0.05) is 30.3 Å². The van der Waals surface area contributed by atoms with Crippen LogP contribution in [0.25, 0.3) is 5.69 Å². The molecule has 7 nitrogen and oxygen atoms in total. The van der Waals surface area contributed by atoms with Gasteiger partial charge in [0.05, 0.1) is 29.4 Å². The normalized spacial score (nSPS) is 11.9. The second kappa shape index (κ2) is 6.84. The molecule has 0 saturated heterocycles. The number of rotatable bonds is 6. The van der Waals surface area contributed by atoms with E-state index in [-0.39, 0.29) is 18.9 Å². The Morgan fingerprint density at radius 3 is 2.64 bits per heavy atom. The number of carboxylic acids is 1. The zero-order valence-electron chi connectivity index (χ0n) is 12.5. The molecule has 0 aliphatic rings. The molecule has 2 aromatic rings. The molecule has 1 amide bonds. The van der Waals surface area contributed by atoms with Crippen molar-refractivity contribution in [3.05, 3.63) is 41.7 Å². The van der Waals surface area contributed by atoms with Crippen molar-refractivity contribution in [2.45, 2.75) is 20.3 Å². The second-order valence-corrected chi connectivity index (χ2v) is 5.09. The van der Waals surface area contributed by atoms with Gasteiger partial charge < -0.3 is 10.4 Å². The third-order valence-electron chi connectivity index (χ3n) is 3.35. The molecule has 0 bridgehead atoms. The van der Waals surface area contributed by atoms with Crippen molar-refractivity contribution in [2.75, 3.05) is 6.54 Å². The summed E-state index contributed by atoms with van der Waals surface area (Å²) in [4.78, 5) is 22.6. The molecule has 0 aliphatic heterocycles. The third kappa shape index (κ3) is 3.69. The first-order valence-corrected chi connectivity index (χ1v) is 6.95. The first-order valence-electron chi connectivity index (χ1n) is 6.95. The molecule has 0 fully saturated rings. The SMILES string of the molecule is Cc1c(CC(=O)NCC(C)C(=O)O)nnn1-c1ccccc1. The van der Waals surface area contributed by atoms with Crippen molar-refractivity contribution in [1.82, 2.24) is 20.3 Å². The van der Waals surface area contributed by atoms with Crippen LogP contribution in [0.4, 0.5) is 0 Å². The van der Waals surface area contributed by atoms with Gasteiger partial charge in [-0.3, -0.25) is 9.59 Å². The maximum absolute atomic E-state index is 11.9. The summed E-state index contributed by atoms with van der Waals surface area (Å²) >= 11 is 0. The van der Waals surface area contributed by atoms with Gasteiger partial charge in [0.2, 0.25) is 5.91 Å². The quantitative estimate of drug-likeness (QED) is 0.828. The Morgan fingerprint density at radius 1 is 1.32 bits per heavy atom. The summed E-state index contributed by atoms with van der Waals surface area (Å²) in [5.74, 6) is -1.83. The molecule has 2 N–H and O–H groups in total. The minimum absolute atomic E-state index is 0.0744. The predicted octanol–water partition coefficient (Wildman–Crippen LogP) is 0.955. The number of aliphatic carboxylic acids is 1. The van der Waals surface area contributed by atoms with Crippen molar-refractivity contribution in [3.8, 4) is 5.69 Å². The van der Waals surface area contributed by atoms with E-state index in [0.29, 0.717) is 5.69 Å². The highest BCUT2D eigenvalue weighted by molar-refractivity contribution is 5.79. The molecular formula is C15H18N4O3. The largest absolute Gasteiger partial charge is 0.481 e. The number of amides is 1. The van der Waals surface area contributed by atoms with E-state index in [2.05, 4.69) is 15.6 Å². The van der Waals surface area contributed by atoms with Crippen LogP contribution in [0.5, 0.6) is 0 Å². The molecule has 1 aromatic heterocycles. The van der Waals surface area contributed by atoms with Crippen LogP contribution in [-0.4, -0.2) is 38.5 Å². The van der Waals surface area contributed by atoms with E-state index < -0.39 is 11.9 Å². The number of aromatic nitrogens is 3. The average Bonchev–Trinajstić information content (AvgIpc) is 2.86. The lowest BCUT2D eigenvalue weighted by atomic mass is 10.2. The Labute approximate surface area is 128 Å². The Bertz CT molecular complexity index is 667. The number of benzene rings is 1. The number of carbonyl (C=O) groups excluding carboxylic acids is 1. The fraction of sp³-hybridized carbons (Fsp3) is 0.333. The fourth-order valence-electron chi connectivity index (χ4n) is 1.91. The van der Waals surface area contributed by atoms with Crippen LogP contribution in [-0.2, 0) is 16.0 Å². The maximum Gasteiger partial charge on any atom is 0.308 e. The lowest BCUT2D eigenvalue weighted by Crippen LogP contribution is -2.32. The van der Waals surface area contributed by atoms with Crippen molar-refractivity contribution >= 4 is 11.9 Å². The van der Waals surface area contributed by atoms with Crippen molar-refractivity contribution < 1.29 is 14.7 Å². The summed E-state index contributed by atoms with van der Waals surface area (Å²) in [5, 5.41) is 19.5. The number of nitrogens with zero attached hydrogens (tertiary/aromatic N) is 3. The van der Waals surface area contributed by atoms with Crippen LogP contribution in [0.3, 0.4) is 0 Å². The van der Waals surface area contributed by atoms with Crippen molar-refractivity contribution in [2.24, 2.45) is 5.92 Å². The van der Waals surface area contributed by atoms with Gasteiger partial charge in [0.15, 0.2) is 0 Å². The lowest BCUT2D eigenvalue weighted by Gasteiger charge is -2.08. The summed E-state index contributed by atoms with van der Waals surface area (Å²) < 4.78 is 1.67. The minimum Gasteiger partial charge on any atom is -0.481 e. The lowest BCUT2D eigenvalue weighted by molar-refractivity contribution is -0.141. The monoisotopic (exact) mass is 302 g/mol. The molecule has 116 valence electrons. The van der Waals surface area contributed by atoms with Crippen molar-refractivity contribution in [1.29, 1.82) is 0 Å². The molecule has 1 atom stereocenters. The number of carboxylic acid groups (broad SMARTS) is 1. The van der Waals surface area contributed by atoms with E-state index in [1.807, 2.05) is 37.3 Å². The van der Waals surface area contributed by atoms with E-state index in [4.69, 9.17) is 5.11 Å². The summed E-state index contributed by atoms with van der Waals surface area (Å²) in [5.41, 5.74) is 2.23. The molecule has 0 spiro atoms. The van der Waals surface area contributed by atoms with E-state index in [9.17, 15) is 9.59 Å². The Hall–Kier alpha value is -2.70. The third-order valence-corrected chi connectivity index (χ3v) is 3.35. The Kier molecular flexibility index (Phi) is 4.88. The molecule has 22 heavy (non-hydrogen) atoms. The summed E-state index contributed by atoms with van der Waals surface area (Å²) in [6.45, 7) is 3.48. The van der Waals surface area contributed by atoms with E-state index in [1.54, 1.807) is 11.6 Å².